The van der Waals surface area contributed by atoms with Gasteiger partial charge in [0.15, 0.2) is 0 Å². The van der Waals surface area contributed by atoms with Crippen molar-refractivity contribution in [2.75, 3.05) is 4.90 Å². The van der Waals surface area contributed by atoms with Gasteiger partial charge in [-0.05, 0) is 56.6 Å². The molecule has 43 heavy (non-hydrogen) atoms. The average molecular weight is 555 g/mol. The lowest BCUT2D eigenvalue weighted by Crippen LogP contribution is -2.54. The molecule has 6 aromatic rings. The molecule has 2 atom stereocenters. The zero-order valence-corrected chi connectivity index (χ0v) is 23.2. The number of fused-ring (bicyclic) bond motifs is 2. The van der Waals surface area contributed by atoms with Gasteiger partial charge in [0.1, 0.15) is 0 Å². The highest BCUT2D eigenvalue weighted by atomic mass is 16.2. The maximum Gasteiger partial charge on any atom is 0.239 e. The highest BCUT2D eigenvalue weighted by molar-refractivity contribution is 6.27. The first kappa shape index (κ1) is 24.3. The van der Waals surface area contributed by atoms with Crippen LogP contribution >= 0.6 is 0 Å². The zero-order chi connectivity index (χ0) is 28.7. The summed E-state index contributed by atoms with van der Waals surface area (Å²) in [5.41, 5.74) is 4.90. The van der Waals surface area contributed by atoms with Gasteiger partial charge in [-0.3, -0.25) is 14.6 Å². The number of carbonyl (C=O) groups excluding carboxylic acids is 2. The Labute approximate surface area is 248 Å². The molecule has 0 spiro atoms. The van der Waals surface area contributed by atoms with Crippen molar-refractivity contribution in [2.24, 2.45) is 16.8 Å². The summed E-state index contributed by atoms with van der Waals surface area (Å²) in [6.07, 6.45) is 1.97. The van der Waals surface area contributed by atoms with Crippen LogP contribution in [-0.2, 0) is 15.0 Å². The molecule has 204 valence electrons. The largest absolute Gasteiger partial charge is 0.274 e. The number of hydrogen-bond donors (Lipinski definition) is 0. The van der Waals surface area contributed by atoms with Gasteiger partial charge < -0.3 is 0 Å². The summed E-state index contributed by atoms with van der Waals surface area (Å²) in [7, 11) is 0. The minimum absolute atomic E-state index is 0.135. The highest BCUT2D eigenvalue weighted by Crippen LogP contribution is 2.64. The molecule has 1 fully saturated rings. The first-order valence-corrected chi connectivity index (χ1v) is 14.8. The fourth-order valence-electron chi connectivity index (χ4n) is 8.12. The van der Waals surface area contributed by atoms with Crippen molar-refractivity contribution < 1.29 is 9.59 Å². The molecule has 0 unspecified atom stereocenters. The van der Waals surface area contributed by atoms with Gasteiger partial charge in [0.25, 0.3) is 0 Å². The van der Waals surface area contributed by atoms with Crippen molar-refractivity contribution in [3.63, 3.8) is 0 Å². The van der Waals surface area contributed by atoms with Gasteiger partial charge in [-0.2, -0.15) is 0 Å². The second-order valence-corrected chi connectivity index (χ2v) is 11.8. The first-order valence-electron chi connectivity index (χ1n) is 14.8. The van der Waals surface area contributed by atoms with Crippen LogP contribution in [0.25, 0.3) is 21.5 Å². The van der Waals surface area contributed by atoms with Gasteiger partial charge in [0.05, 0.1) is 28.6 Å². The quantitative estimate of drug-likeness (QED) is 0.165. The van der Waals surface area contributed by atoms with E-state index in [-0.39, 0.29) is 17.7 Å². The summed E-state index contributed by atoms with van der Waals surface area (Å²) in [6.45, 7) is 0. The number of anilines is 1. The normalized spacial score (nSPS) is 23.6. The SMILES string of the molecule is O=C1[C@H]2C3c4ccccc4C(C=Nc4ccc5ccccc5c4)(c4ccccc43)[C@H]2C(=O)N1c1cccc2ccccc12. The van der Waals surface area contributed by atoms with E-state index in [1.165, 1.54) is 4.90 Å². The number of hydrogen-bond acceptors (Lipinski definition) is 3. The lowest BCUT2D eigenvalue weighted by Gasteiger charge is -2.52. The van der Waals surface area contributed by atoms with Crippen LogP contribution in [0.15, 0.2) is 138 Å². The number of benzene rings is 6. The molecule has 4 nitrogen and oxygen atoms in total. The van der Waals surface area contributed by atoms with Crippen LogP contribution in [0.1, 0.15) is 28.2 Å². The summed E-state index contributed by atoms with van der Waals surface area (Å²) in [4.78, 5) is 36.0. The Morgan fingerprint density at radius 2 is 1.23 bits per heavy atom. The van der Waals surface area contributed by atoms with Crippen LogP contribution in [-0.4, -0.2) is 18.0 Å². The van der Waals surface area contributed by atoms with Crippen molar-refractivity contribution in [2.45, 2.75) is 11.3 Å². The summed E-state index contributed by atoms with van der Waals surface area (Å²) < 4.78 is 0. The molecular formula is C39H26N2O2. The second kappa shape index (κ2) is 8.83. The van der Waals surface area contributed by atoms with E-state index in [0.717, 1.165) is 49.5 Å². The summed E-state index contributed by atoms with van der Waals surface area (Å²) in [5, 5.41) is 4.15. The molecule has 0 aromatic heterocycles. The molecule has 4 heteroatoms. The Morgan fingerprint density at radius 3 is 2.00 bits per heavy atom. The van der Waals surface area contributed by atoms with Gasteiger partial charge in [0.2, 0.25) is 11.8 Å². The third-order valence-electron chi connectivity index (χ3n) is 9.84. The molecular weight excluding hydrogens is 528 g/mol. The van der Waals surface area contributed by atoms with Gasteiger partial charge in [0, 0.05) is 17.5 Å². The minimum Gasteiger partial charge on any atom is -0.274 e. The number of carbonyl (C=O) groups is 2. The van der Waals surface area contributed by atoms with Crippen molar-refractivity contribution in [1.82, 2.24) is 0 Å². The number of rotatable bonds is 3. The third-order valence-corrected chi connectivity index (χ3v) is 9.84. The number of imide groups is 1. The molecule has 2 bridgehead atoms. The Kier molecular flexibility index (Phi) is 4.98. The summed E-state index contributed by atoms with van der Waals surface area (Å²) >= 11 is 0. The van der Waals surface area contributed by atoms with Gasteiger partial charge in [-0.15, -0.1) is 0 Å². The van der Waals surface area contributed by atoms with Crippen LogP contribution < -0.4 is 4.90 Å². The predicted octanol–water partition coefficient (Wildman–Crippen LogP) is 7.95. The molecule has 4 aliphatic rings. The lowest BCUT2D eigenvalue weighted by molar-refractivity contribution is -0.122. The Balaban J connectivity index is 1.30. The van der Waals surface area contributed by atoms with Gasteiger partial charge in [-0.1, -0.05) is 115 Å². The molecule has 0 N–H and O–H groups in total. The van der Waals surface area contributed by atoms with E-state index in [1.807, 2.05) is 91.1 Å². The van der Waals surface area contributed by atoms with Gasteiger partial charge in [-0.25, -0.2) is 4.90 Å². The van der Waals surface area contributed by atoms with Crippen LogP contribution in [0.5, 0.6) is 0 Å². The van der Waals surface area contributed by atoms with Gasteiger partial charge >= 0.3 is 0 Å². The average Bonchev–Trinajstić information content (AvgIpc) is 3.33. The highest BCUT2D eigenvalue weighted by Gasteiger charge is 2.68. The summed E-state index contributed by atoms with van der Waals surface area (Å²) in [5.74, 6) is -1.64. The minimum atomic E-state index is -0.898. The molecule has 1 saturated heterocycles. The lowest BCUT2D eigenvalue weighted by atomic mass is 9.47. The maximum absolute atomic E-state index is 14.8. The molecule has 2 amide bonds. The topological polar surface area (TPSA) is 49.7 Å². The maximum atomic E-state index is 14.8. The van der Waals surface area contributed by atoms with E-state index in [1.54, 1.807) is 0 Å². The third kappa shape index (κ3) is 3.18. The van der Waals surface area contributed by atoms with Crippen molar-refractivity contribution in [3.05, 3.63) is 156 Å². The van der Waals surface area contributed by atoms with Crippen LogP contribution in [0.4, 0.5) is 11.4 Å². The molecule has 1 aliphatic heterocycles. The Hall–Kier alpha value is -5.35. The Bertz CT molecular complexity index is 2130. The standard InChI is InChI=1S/C39H26N2O2/c42-37-35-34-29-15-5-7-17-31(29)39(32-18-8-6-16-30(32)34,23-40-27-21-20-24-10-1-2-12-26(24)22-27)36(35)38(43)41(37)33-19-9-13-25-11-3-4-14-28(25)33/h1-23,34-36H/t34?,35-,36+,39?/m0/s1. The van der Waals surface area contributed by atoms with Crippen molar-refractivity contribution in [3.8, 4) is 0 Å². The molecule has 6 aromatic carbocycles. The van der Waals surface area contributed by atoms with E-state index in [9.17, 15) is 9.59 Å². The second-order valence-electron chi connectivity index (χ2n) is 11.8. The zero-order valence-electron chi connectivity index (χ0n) is 23.2. The monoisotopic (exact) mass is 554 g/mol. The molecule has 0 saturated carbocycles. The molecule has 1 heterocycles. The van der Waals surface area contributed by atoms with E-state index < -0.39 is 17.3 Å². The Morgan fingerprint density at radius 1 is 0.605 bits per heavy atom. The molecule has 10 rings (SSSR count). The molecule has 0 radical (unpaired) electrons. The first-order chi connectivity index (χ1) is 21.2. The van der Waals surface area contributed by atoms with E-state index in [4.69, 9.17) is 4.99 Å². The van der Waals surface area contributed by atoms with E-state index >= 15 is 0 Å². The van der Waals surface area contributed by atoms with Crippen LogP contribution in [0.3, 0.4) is 0 Å². The predicted molar refractivity (Wildman–Crippen MR) is 171 cm³/mol. The fraction of sp³-hybridized carbons (Fsp3) is 0.103. The number of aliphatic imine (C=N–C) groups is 1. The van der Waals surface area contributed by atoms with Crippen molar-refractivity contribution >= 4 is 50.9 Å². The van der Waals surface area contributed by atoms with E-state index in [2.05, 4.69) is 48.5 Å². The number of nitrogens with zero attached hydrogens (tertiary/aromatic N) is 2. The van der Waals surface area contributed by atoms with Crippen LogP contribution in [0.2, 0.25) is 0 Å². The smallest absolute Gasteiger partial charge is 0.239 e. The van der Waals surface area contributed by atoms with Crippen molar-refractivity contribution in [1.29, 1.82) is 0 Å². The molecule has 3 aliphatic carbocycles. The summed E-state index contributed by atoms with van der Waals surface area (Å²) in [6, 6.07) is 44.8. The number of amides is 2. The fourth-order valence-corrected chi connectivity index (χ4v) is 8.12. The van der Waals surface area contributed by atoms with E-state index in [0.29, 0.717) is 5.69 Å². The van der Waals surface area contributed by atoms with Crippen LogP contribution in [0, 0.1) is 11.8 Å².